The van der Waals surface area contributed by atoms with Gasteiger partial charge in [0.05, 0.1) is 12.4 Å². The van der Waals surface area contributed by atoms with Gasteiger partial charge in [-0.05, 0) is 31.4 Å². The van der Waals surface area contributed by atoms with Crippen LogP contribution in [0.2, 0.25) is 0 Å². The fraction of sp³-hybridized carbons (Fsp3) is 0.385. The van der Waals surface area contributed by atoms with Crippen molar-refractivity contribution in [2.24, 2.45) is 22.2 Å². The Balaban J connectivity index is 1.78. The Hall–Kier alpha value is -4.92. The number of aliphatic imine (C=N–C) groups is 1. The van der Waals surface area contributed by atoms with E-state index in [9.17, 15) is 24.3 Å². The predicted octanol–water partition coefficient (Wildman–Crippen LogP) is -1.38. The van der Waals surface area contributed by atoms with Crippen molar-refractivity contribution in [1.29, 1.82) is 0 Å². The molecule has 0 saturated carbocycles. The van der Waals surface area contributed by atoms with Crippen molar-refractivity contribution in [2.75, 3.05) is 6.54 Å². The van der Waals surface area contributed by atoms with E-state index in [2.05, 4.69) is 35.9 Å². The molecule has 0 spiro atoms. The Morgan fingerprint density at radius 1 is 0.976 bits per heavy atom. The number of hydrogen-bond donors (Lipinski definition) is 9. The molecule has 3 amide bonds. The Morgan fingerprint density at radius 3 is 2.32 bits per heavy atom. The number of H-pyrrole nitrogens is 2. The number of carbonyl (C=O) groups excluding carboxylic acids is 3. The summed E-state index contributed by atoms with van der Waals surface area (Å²) in [6.07, 6.45) is 5.07. The van der Waals surface area contributed by atoms with Crippen molar-refractivity contribution in [2.45, 2.75) is 56.8 Å². The van der Waals surface area contributed by atoms with Crippen LogP contribution < -0.4 is 33.2 Å². The van der Waals surface area contributed by atoms with Gasteiger partial charge in [0, 0.05) is 48.4 Å². The minimum atomic E-state index is -1.28. The number of para-hydroxylation sites is 1. The lowest BCUT2D eigenvalue weighted by Gasteiger charge is -2.25. The molecule has 4 unspecified atom stereocenters. The SMILES string of the molecule is CC(N)C(=O)NC(Cc1cnc[nH]1)C(=O)NC(CCCN=C(N)N)C(=O)NC(Cc1c[nH]c2ccccc12)C(=O)O. The molecule has 0 aliphatic carbocycles. The number of carboxylic acids is 1. The van der Waals surface area contributed by atoms with E-state index in [1.54, 1.807) is 6.20 Å². The lowest BCUT2D eigenvalue weighted by atomic mass is 10.0. The minimum absolute atomic E-state index is 0.00660. The summed E-state index contributed by atoms with van der Waals surface area (Å²) in [5.74, 6) is -3.32. The van der Waals surface area contributed by atoms with E-state index in [4.69, 9.17) is 17.2 Å². The molecule has 0 radical (unpaired) electrons. The van der Waals surface area contributed by atoms with Crippen molar-refractivity contribution in [3.63, 3.8) is 0 Å². The van der Waals surface area contributed by atoms with Crippen LogP contribution >= 0.6 is 0 Å². The van der Waals surface area contributed by atoms with Gasteiger partial charge in [0.1, 0.15) is 18.1 Å². The van der Waals surface area contributed by atoms with Gasteiger partial charge in [0.15, 0.2) is 5.96 Å². The summed E-state index contributed by atoms with van der Waals surface area (Å²) in [5, 5.41) is 18.5. The number of nitrogens with two attached hydrogens (primary N) is 3. The minimum Gasteiger partial charge on any atom is -0.480 e. The van der Waals surface area contributed by atoms with Gasteiger partial charge in [-0.1, -0.05) is 18.2 Å². The summed E-state index contributed by atoms with van der Waals surface area (Å²) in [7, 11) is 0. The van der Waals surface area contributed by atoms with Gasteiger partial charge in [0.2, 0.25) is 17.7 Å². The number of rotatable bonds is 15. The molecule has 2 heterocycles. The second kappa shape index (κ2) is 14.5. The number of fused-ring (bicyclic) bond motifs is 1. The summed E-state index contributed by atoms with van der Waals surface area (Å²) in [4.78, 5) is 64.9. The van der Waals surface area contributed by atoms with Gasteiger partial charge >= 0.3 is 5.97 Å². The van der Waals surface area contributed by atoms with E-state index in [0.717, 1.165) is 10.9 Å². The Morgan fingerprint density at radius 2 is 1.66 bits per heavy atom. The van der Waals surface area contributed by atoms with Crippen LogP contribution in [0, 0.1) is 0 Å². The molecule has 1 aromatic carbocycles. The van der Waals surface area contributed by atoms with Crippen molar-refractivity contribution in [1.82, 2.24) is 30.9 Å². The third kappa shape index (κ3) is 9.06. The van der Waals surface area contributed by atoms with Crippen LogP contribution in [-0.4, -0.2) is 80.4 Å². The van der Waals surface area contributed by atoms with E-state index in [-0.39, 0.29) is 31.8 Å². The zero-order valence-electron chi connectivity index (χ0n) is 22.6. The van der Waals surface area contributed by atoms with E-state index in [0.29, 0.717) is 17.7 Å². The molecule has 0 bridgehead atoms. The Labute approximate surface area is 235 Å². The number of aliphatic carboxylic acids is 1. The van der Waals surface area contributed by atoms with Crippen molar-refractivity contribution in [3.8, 4) is 0 Å². The van der Waals surface area contributed by atoms with Crippen molar-refractivity contribution >= 4 is 40.6 Å². The average molecular weight is 569 g/mol. The molecule has 15 nitrogen and oxygen atoms in total. The van der Waals surface area contributed by atoms with Crippen LogP contribution in [0.3, 0.4) is 0 Å². The summed E-state index contributed by atoms with van der Waals surface area (Å²) in [6, 6.07) is 2.99. The number of carboxylic acid groups (broad SMARTS) is 1. The van der Waals surface area contributed by atoms with Crippen molar-refractivity contribution < 1.29 is 24.3 Å². The number of aromatic nitrogens is 3. The number of guanidine groups is 1. The molecule has 41 heavy (non-hydrogen) atoms. The standard InChI is InChI=1S/C26H36N10O5/c1-14(27)22(37)35-20(10-16-12-30-13-33-16)24(39)34-19(7-4-8-31-26(28)29)23(38)36-21(25(40)41)9-15-11-32-18-6-3-2-5-17(15)18/h2-3,5-6,11-14,19-21,32H,4,7-10,27H2,1H3,(H,30,33)(H,34,39)(H,35,37)(H,36,38)(H,40,41)(H4,28,29,31). The monoisotopic (exact) mass is 568 g/mol. The van der Waals surface area contributed by atoms with Gasteiger partial charge < -0.3 is 48.2 Å². The van der Waals surface area contributed by atoms with E-state index in [1.807, 2.05) is 24.3 Å². The fourth-order valence-electron chi connectivity index (χ4n) is 4.17. The highest BCUT2D eigenvalue weighted by Crippen LogP contribution is 2.19. The summed E-state index contributed by atoms with van der Waals surface area (Å²) < 4.78 is 0. The van der Waals surface area contributed by atoms with Gasteiger partial charge in [0.25, 0.3) is 0 Å². The molecule has 0 fully saturated rings. The highest BCUT2D eigenvalue weighted by molar-refractivity contribution is 5.94. The molecular formula is C26H36N10O5. The molecule has 12 N–H and O–H groups in total. The third-order valence-corrected chi connectivity index (χ3v) is 6.32. The normalized spacial score (nSPS) is 13.9. The van der Waals surface area contributed by atoms with Crippen LogP contribution in [0.1, 0.15) is 31.0 Å². The average Bonchev–Trinajstić information content (AvgIpc) is 3.59. The highest BCUT2D eigenvalue weighted by Gasteiger charge is 2.30. The lowest BCUT2D eigenvalue weighted by molar-refractivity contribution is -0.142. The summed E-state index contributed by atoms with van der Waals surface area (Å²) >= 11 is 0. The molecule has 4 atom stereocenters. The van der Waals surface area contributed by atoms with Crippen LogP contribution in [0.25, 0.3) is 10.9 Å². The smallest absolute Gasteiger partial charge is 0.326 e. The van der Waals surface area contributed by atoms with Crippen LogP contribution in [-0.2, 0) is 32.0 Å². The van der Waals surface area contributed by atoms with Gasteiger partial charge in [-0.25, -0.2) is 9.78 Å². The zero-order valence-corrected chi connectivity index (χ0v) is 22.6. The first-order chi connectivity index (χ1) is 19.5. The molecule has 15 heteroatoms. The number of nitrogens with one attached hydrogen (secondary N) is 5. The zero-order chi connectivity index (χ0) is 29.9. The molecule has 0 aliphatic heterocycles. The van der Waals surface area contributed by atoms with Gasteiger partial charge in [-0.2, -0.15) is 0 Å². The maximum atomic E-state index is 13.4. The van der Waals surface area contributed by atoms with E-state index >= 15 is 0 Å². The molecule has 220 valence electrons. The first-order valence-corrected chi connectivity index (χ1v) is 13.0. The summed E-state index contributed by atoms with van der Waals surface area (Å²) in [5.41, 5.74) is 18.5. The second-order valence-corrected chi connectivity index (χ2v) is 9.60. The second-order valence-electron chi connectivity index (χ2n) is 9.60. The first kappa shape index (κ1) is 30.6. The van der Waals surface area contributed by atoms with Crippen LogP contribution in [0.15, 0.2) is 48.0 Å². The Kier molecular flexibility index (Phi) is 10.8. The number of aromatic amines is 2. The van der Waals surface area contributed by atoms with Crippen LogP contribution in [0.4, 0.5) is 0 Å². The molecule has 3 rings (SSSR count). The number of imidazole rings is 1. The van der Waals surface area contributed by atoms with E-state index in [1.165, 1.54) is 19.4 Å². The molecule has 0 aliphatic rings. The Bertz CT molecular complexity index is 1360. The first-order valence-electron chi connectivity index (χ1n) is 13.0. The van der Waals surface area contributed by atoms with Gasteiger partial charge in [-0.3, -0.25) is 19.4 Å². The number of benzene rings is 1. The molecule has 0 saturated heterocycles. The number of hydrogen-bond acceptors (Lipinski definition) is 7. The summed E-state index contributed by atoms with van der Waals surface area (Å²) in [6.45, 7) is 1.65. The third-order valence-electron chi connectivity index (χ3n) is 6.32. The van der Waals surface area contributed by atoms with Crippen molar-refractivity contribution in [3.05, 3.63) is 54.2 Å². The quantitative estimate of drug-likeness (QED) is 0.0593. The molecular weight excluding hydrogens is 532 g/mol. The maximum absolute atomic E-state index is 13.4. The molecule has 2 aromatic heterocycles. The molecule has 3 aromatic rings. The highest BCUT2D eigenvalue weighted by atomic mass is 16.4. The fourth-order valence-corrected chi connectivity index (χ4v) is 4.17. The van der Waals surface area contributed by atoms with E-state index < -0.39 is 47.9 Å². The number of amides is 3. The van der Waals surface area contributed by atoms with Gasteiger partial charge in [-0.15, -0.1) is 0 Å². The largest absolute Gasteiger partial charge is 0.480 e. The maximum Gasteiger partial charge on any atom is 0.326 e. The predicted molar refractivity (Wildman–Crippen MR) is 151 cm³/mol. The number of nitrogens with zero attached hydrogens (tertiary/aromatic N) is 2. The van der Waals surface area contributed by atoms with Crippen LogP contribution in [0.5, 0.6) is 0 Å². The topological polar surface area (TPSA) is 259 Å². The lowest BCUT2D eigenvalue weighted by Crippen LogP contribution is -2.57. The number of carbonyl (C=O) groups is 4.